The van der Waals surface area contributed by atoms with Gasteiger partial charge >= 0.3 is 0 Å². The van der Waals surface area contributed by atoms with Gasteiger partial charge in [0.2, 0.25) is 0 Å². The zero-order valence-electron chi connectivity index (χ0n) is 13.9. The summed E-state index contributed by atoms with van der Waals surface area (Å²) in [6.45, 7) is 5.41. The van der Waals surface area contributed by atoms with Gasteiger partial charge in [-0.3, -0.25) is 0 Å². The average Bonchev–Trinajstić information content (AvgIpc) is 3.13. The van der Waals surface area contributed by atoms with Crippen LogP contribution in [0.15, 0.2) is 67.3 Å². The molecule has 0 aliphatic heterocycles. The molecule has 0 saturated carbocycles. The fourth-order valence-electron chi connectivity index (χ4n) is 2.99. The zero-order valence-corrected chi connectivity index (χ0v) is 13.9. The van der Waals surface area contributed by atoms with Gasteiger partial charge in [-0.05, 0) is 42.5 Å². The van der Waals surface area contributed by atoms with Crippen LogP contribution in [-0.2, 0) is 6.54 Å². The number of hydrogen-bond acceptors (Lipinski definition) is 1. The van der Waals surface area contributed by atoms with E-state index >= 15 is 0 Å². The molecule has 0 bridgehead atoms. The van der Waals surface area contributed by atoms with Gasteiger partial charge in [-0.15, -0.1) is 0 Å². The third-order valence-corrected chi connectivity index (χ3v) is 4.44. The van der Waals surface area contributed by atoms with Gasteiger partial charge in [-0.2, -0.15) is 5.10 Å². The molecule has 23 heavy (non-hydrogen) atoms. The predicted molar refractivity (Wildman–Crippen MR) is 92.6 cm³/mol. The van der Waals surface area contributed by atoms with E-state index in [0.29, 0.717) is 5.92 Å². The van der Waals surface area contributed by atoms with Crippen LogP contribution in [0.2, 0.25) is 0 Å². The van der Waals surface area contributed by atoms with Crippen molar-refractivity contribution < 1.29 is 4.57 Å². The van der Waals surface area contributed by atoms with Gasteiger partial charge < -0.3 is 0 Å². The van der Waals surface area contributed by atoms with Crippen LogP contribution in [-0.4, -0.2) is 9.78 Å². The van der Waals surface area contributed by atoms with Crippen molar-refractivity contribution in [2.24, 2.45) is 0 Å². The van der Waals surface area contributed by atoms with Crippen molar-refractivity contribution in [3.63, 3.8) is 0 Å². The molecular weight excluding hydrogens is 282 g/mol. The van der Waals surface area contributed by atoms with Crippen molar-refractivity contribution in [1.82, 2.24) is 9.78 Å². The summed E-state index contributed by atoms with van der Waals surface area (Å²) in [6.07, 6.45) is 10.5. The first-order valence-electron chi connectivity index (χ1n) is 8.38. The maximum absolute atomic E-state index is 4.25. The summed E-state index contributed by atoms with van der Waals surface area (Å²) in [4.78, 5) is 0. The smallest absolute Gasteiger partial charge is 0.173 e. The second kappa shape index (κ2) is 7.23. The first kappa shape index (κ1) is 15.5. The third kappa shape index (κ3) is 3.67. The fraction of sp³-hybridized carbons (Fsp3) is 0.300. The van der Waals surface area contributed by atoms with Crippen LogP contribution in [0.3, 0.4) is 0 Å². The summed E-state index contributed by atoms with van der Waals surface area (Å²) < 4.78 is 4.11. The number of benzene rings is 1. The van der Waals surface area contributed by atoms with E-state index in [9.17, 15) is 0 Å². The molecule has 3 aromatic rings. The van der Waals surface area contributed by atoms with Crippen LogP contribution in [0.4, 0.5) is 0 Å². The van der Waals surface area contributed by atoms with Crippen molar-refractivity contribution in [3.05, 3.63) is 78.4 Å². The zero-order chi connectivity index (χ0) is 16.1. The van der Waals surface area contributed by atoms with Crippen LogP contribution in [0.5, 0.6) is 0 Å². The molecule has 2 heterocycles. The van der Waals surface area contributed by atoms with E-state index in [1.807, 2.05) is 16.9 Å². The van der Waals surface area contributed by atoms with Crippen molar-refractivity contribution in [2.45, 2.75) is 39.2 Å². The van der Waals surface area contributed by atoms with Crippen LogP contribution < -0.4 is 4.57 Å². The molecule has 0 spiro atoms. The monoisotopic (exact) mass is 306 g/mol. The van der Waals surface area contributed by atoms with Crippen LogP contribution in [0.25, 0.3) is 5.69 Å². The van der Waals surface area contributed by atoms with Crippen LogP contribution >= 0.6 is 0 Å². The van der Waals surface area contributed by atoms with Gasteiger partial charge in [0.1, 0.15) is 0 Å². The minimum Gasteiger partial charge on any atom is -0.241 e. The minimum atomic E-state index is 0.679. The maximum Gasteiger partial charge on any atom is 0.173 e. The summed E-state index contributed by atoms with van der Waals surface area (Å²) >= 11 is 0. The molecular formula is C20H24N3+. The number of hydrogen-bond donors (Lipinski definition) is 0. The summed E-state index contributed by atoms with van der Waals surface area (Å²) in [5, 5.41) is 4.25. The number of rotatable bonds is 6. The van der Waals surface area contributed by atoms with E-state index in [4.69, 9.17) is 0 Å². The van der Waals surface area contributed by atoms with Crippen LogP contribution in [0, 0.1) is 0 Å². The third-order valence-electron chi connectivity index (χ3n) is 4.44. The predicted octanol–water partition coefficient (Wildman–Crippen LogP) is 4.11. The lowest BCUT2D eigenvalue weighted by atomic mass is 9.95. The molecule has 118 valence electrons. The number of pyridine rings is 1. The van der Waals surface area contributed by atoms with E-state index in [1.165, 1.54) is 24.0 Å². The lowest BCUT2D eigenvalue weighted by Crippen LogP contribution is -2.33. The average molecular weight is 306 g/mol. The van der Waals surface area contributed by atoms with E-state index in [0.717, 1.165) is 12.2 Å². The molecule has 3 nitrogen and oxygen atoms in total. The Hall–Kier alpha value is -2.42. The van der Waals surface area contributed by atoms with Gasteiger partial charge in [0.05, 0.1) is 5.69 Å². The topological polar surface area (TPSA) is 21.7 Å². The van der Waals surface area contributed by atoms with Gasteiger partial charge in [0.15, 0.2) is 18.9 Å². The molecule has 0 amide bonds. The Labute approximate surface area is 138 Å². The number of aromatic nitrogens is 3. The van der Waals surface area contributed by atoms with E-state index in [2.05, 4.69) is 72.3 Å². The number of nitrogens with zero attached hydrogens (tertiary/aromatic N) is 3. The molecule has 0 atom stereocenters. The lowest BCUT2D eigenvalue weighted by Gasteiger charge is -2.11. The quantitative estimate of drug-likeness (QED) is 0.628. The highest BCUT2D eigenvalue weighted by molar-refractivity contribution is 5.33. The normalized spacial score (nSPS) is 11.1. The SMILES string of the molecule is CCC(CC)c1cc[n+](Cc2ccc(-n3cccn3)cc2)cc1. The van der Waals surface area contributed by atoms with Gasteiger partial charge in [-0.25, -0.2) is 9.25 Å². The lowest BCUT2D eigenvalue weighted by molar-refractivity contribution is -0.688. The second-order valence-electron chi connectivity index (χ2n) is 5.93. The summed E-state index contributed by atoms with van der Waals surface area (Å²) in [5.74, 6) is 0.679. The molecule has 3 heteroatoms. The first-order chi connectivity index (χ1) is 11.3. The van der Waals surface area contributed by atoms with Crippen molar-refractivity contribution in [3.8, 4) is 5.69 Å². The molecule has 1 aromatic carbocycles. The highest BCUT2D eigenvalue weighted by atomic mass is 15.3. The molecule has 0 N–H and O–H groups in total. The fourth-order valence-corrected chi connectivity index (χ4v) is 2.99. The molecule has 0 fully saturated rings. The van der Waals surface area contributed by atoms with E-state index in [-0.39, 0.29) is 0 Å². The molecule has 0 unspecified atom stereocenters. The molecule has 3 rings (SSSR count). The summed E-state index contributed by atoms with van der Waals surface area (Å²) in [5.41, 5.74) is 3.83. The minimum absolute atomic E-state index is 0.679. The van der Waals surface area contributed by atoms with Crippen molar-refractivity contribution in [2.75, 3.05) is 0 Å². The molecule has 0 saturated heterocycles. The van der Waals surface area contributed by atoms with Gasteiger partial charge in [0.25, 0.3) is 0 Å². The second-order valence-corrected chi connectivity index (χ2v) is 5.93. The van der Waals surface area contributed by atoms with Crippen LogP contribution in [0.1, 0.15) is 43.7 Å². The van der Waals surface area contributed by atoms with Gasteiger partial charge in [0, 0.05) is 30.1 Å². The first-order valence-corrected chi connectivity index (χ1v) is 8.38. The summed E-state index contributed by atoms with van der Waals surface area (Å²) in [6, 6.07) is 15.0. The summed E-state index contributed by atoms with van der Waals surface area (Å²) in [7, 11) is 0. The Morgan fingerprint density at radius 2 is 1.70 bits per heavy atom. The highest BCUT2D eigenvalue weighted by Crippen LogP contribution is 2.21. The Morgan fingerprint density at radius 3 is 2.26 bits per heavy atom. The molecule has 0 radical (unpaired) electrons. The largest absolute Gasteiger partial charge is 0.241 e. The molecule has 0 aliphatic carbocycles. The Bertz CT molecular complexity index is 709. The van der Waals surface area contributed by atoms with E-state index < -0.39 is 0 Å². The van der Waals surface area contributed by atoms with Crippen molar-refractivity contribution in [1.29, 1.82) is 0 Å². The Morgan fingerprint density at radius 1 is 1.00 bits per heavy atom. The highest BCUT2D eigenvalue weighted by Gasteiger charge is 2.09. The Balaban J connectivity index is 1.69. The molecule has 2 aromatic heterocycles. The van der Waals surface area contributed by atoms with E-state index in [1.54, 1.807) is 6.20 Å². The Kier molecular flexibility index (Phi) is 4.86. The molecule has 0 aliphatic rings. The van der Waals surface area contributed by atoms with Crippen molar-refractivity contribution >= 4 is 0 Å². The van der Waals surface area contributed by atoms with Gasteiger partial charge in [-0.1, -0.05) is 26.0 Å². The standard InChI is InChI=1S/C20H24N3/c1-3-18(4-2)19-10-14-22(15-11-19)16-17-6-8-20(9-7-17)23-13-5-12-21-23/h5-15,18H,3-4,16H2,1-2H3/q+1. The maximum atomic E-state index is 4.25.